The highest BCUT2D eigenvalue weighted by Gasteiger charge is 2.67. The molecular weight excluding hydrogens is 274 g/mol. The predicted molar refractivity (Wildman–Crippen MR) is 85.1 cm³/mol. The van der Waals surface area contributed by atoms with Gasteiger partial charge in [-0.25, -0.2) is 0 Å². The van der Waals surface area contributed by atoms with Crippen LogP contribution in [0.3, 0.4) is 0 Å². The van der Waals surface area contributed by atoms with E-state index in [1.807, 2.05) is 12.1 Å². The van der Waals surface area contributed by atoms with Crippen molar-refractivity contribution in [3.63, 3.8) is 0 Å². The molecule has 1 aromatic carbocycles. The highest BCUT2D eigenvalue weighted by Crippen LogP contribution is 2.69. The Morgan fingerprint density at radius 1 is 1.23 bits per heavy atom. The van der Waals surface area contributed by atoms with Crippen LogP contribution in [0.2, 0.25) is 0 Å². The van der Waals surface area contributed by atoms with Gasteiger partial charge in [-0.3, -0.25) is 4.79 Å². The molecule has 0 spiro atoms. The van der Waals surface area contributed by atoms with Crippen molar-refractivity contribution in [2.24, 2.45) is 29.6 Å². The summed E-state index contributed by atoms with van der Waals surface area (Å²) in [6.07, 6.45) is 5.03. The number of nitrogens with one attached hydrogen (secondary N) is 1. The molecule has 3 aliphatic carbocycles. The molecule has 1 aromatic rings. The van der Waals surface area contributed by atoms with Crippen molar-refractivity contribution in [3.8, 4) is 0 Å². The van der Waals surface area contributed by atoms with Gasteiger partial charge >= 0.3 is 0 Å². The topological polar surface area (TPSA) is 49.3 Å². The van der Waals surface area contributed by atoms with Gasteiger partial charge in [0, 0.05) is 5.92 Å². The number of carbonyl (C=O) groups excluding carboxylic acids is 1. The van der Waals surface area contributed by atoms with Gasteiger partial charge in [0.05, 0.1) is 12.6 Å². The van der Waals surface area contributed by atoms with Crippen LogP contribution in [0.5, 0.6) is 0 Å². The number of hydrogen-bond acceptors (Lipinski definition) is 2. The summed E-state index contributed by atoms with van der Waals surface area (Å²) in [7, 11) is 0. The van der Waals surface area contributed by atoms with E-state index >= 15 is 0 Å². The molecule has 0 aliphatic heterocycles. The van der Waals surface area contributed by atoms with E-state index in [1.54, 1.807) is 0 Å². The fourth-order valence-electron chi connectivity index (χ4n) is 5.16. The summed E-state index contributed by atoms with van der Waals surface area (Å²) >= 11 is 0. The molecule has 2 bridgehead atoms. The molecule has 3 nitrogen and oxygen atoms in total. The van der Waals surface area contributed by atoms with Gasteiger partial charge in [-0.1, -0.05) is 31.2 Å². The van der Waals surface area contributed by atoms with E-state index in [0.717, 1.165) is 23.8 Å². The maximum Gasteiger partial charge on any atom is 0.224 e. The number of rotatable bonds is 5. The summed E-state index contributed by atoms with van der Waals surface area (Å²) in [5.74, 6) is 3.32. The Balaban J connectivity index is 1.41. The minimum Gasteiger partial charge on any atom is -0.394 e. The minimum absolute atomic E-state index is 0.0356. The van der Waals surface area contributed by atoms with Gasteiger partial charge < -0.3 is 10.4 Å². The first-order valence-corrected chi connectivity index (χ1v) is 8.73. The Hall–Kier alpha value is -1.35. The lowest BCUT2D eigenvalue weighted by Crippen LogP contribution is -2.33. The molecule has 0 aromatic heterocycles. The number of fused-ring (bicyclic) bond motifs is 5. The van der Waals surface area contributed by atoms with E-state index < -0.39 is 0 Å². The molecule has 1 amide bonds. The number of benzene rings is 1. The van der Waals surface area contributed by atoms with Gasteiger partial charge in [0.25, 0.3) is 0 Å². The molecule has 3 aliphatic rings. The quantitative estimate of drug-likeness (QED) is 0.878. The van der Waals surface area contributed by atoms with E-state index in [2.05, 4.69) is 24.4 Å². The molecule has 3 fully saturated rings. The van der Waals surface area contributed by atoms with Crippen molar-refractivity contribution in [1.82, 2.24) is 5.32 Å². The summed E-state index contributed by atoms with van der Waals surface area (Å²) < 4.78 is 0. The van der Waals surface area contributed by atoms with Crippen LogP contribution >= 0.6 is 0 Å². The van der Waals surface area contributed by atoms with E-state index in [0.29, 0.717) is 11.8 Å². The maximum atomic E-state index is 12.6. The van der Waals surface area contributed by atoms with Gasteiger partial charge in [-0.05, 0) is 60.5 Å². The Morgan fingerprint density at radius 3 is 2.41 bits per heavy atom. The average molecular weight is 299 g/mol. The molecule has 22 heavy (non-hydrogen) atoms. The second-order valence-corrected chi connectivity index (χ2v) is 7.35. The Bertz CT molecular complexity index is 551. The van der Waals surface area contributed by atoms with E-state index in [-0.39, 0.29) is 24.5 Å². The molecule has 5 unspecified atom stereocenters. The second-order valence-electron chi connectivity index (χ2n) is 7.35. The summed E-state index contributed by atoms with van der Waals surface area (Å²) in [6, 6.07) is 7.94. The number of aryl methyl sites for hydroxylation is 1. The van der Waals surface area contributed by atoms with Crippen LogP contribution in [0, 0.1) is 29.6 Å². The molecule has 3 saturated carbocycles. The van der Waals surface area contributed by atoms with Crippen molar-refractivity contribution in [2.75, 3.05) is 6.61 Å². The lowest BCUT2D eigenvalue weighted by atomic mass is 10.0. The molecule has 0 saturated heterocycles. The molecule has 0 radical (unpaired) electrons. The van der Waals surface area contributed by atoms with Crippen molar-refractivity contribution >= 4 is 5.91 Å². The van der Waals surface area contributed by atoms with Crippen LogP contribution in [-0.2, 0) is 11.2 Å². The molecule has 5 atom stereocenters. The average Bonchev–Trinajstić information content (AvgIpc) is 3.00. The normalized spacial score (nSPS) is 36.0. The summed E-state index contributed by atoms with van der Waals surface area (Å²) in [5, 5.41) is 12.8. The molecule has 3 heteroatoms. The van der Waals surface area contributed by atoms with Crippen molar-refractivity contribution in [2.45, 2.75) is 38.6 Å². The van der Waals surface area contributed by atoms with E-state index in [9.17, 15) is 9.90 Å². The Kier molecular flexibility index (Phi) is 3.48. The summed E-state index contributed by atoms with van der Waals surface area (Å²) in [6.45, 7) is 2.09. The van der Waals surface area contributed by atoms with Crippen LogP contribution in [0.1, 0.15) is 43.4 Å². The fraction of sp³-hybridized carbons (Fsp3) is 0.632. The highest BCUT2D eigenvalue weighted by atomic mass is 16.3. The SMILES string of the molecule is CCc1ccc(C(CO)NC(=O)C2C3C4CCC(C4)C23)cc1. The molecule has 4 rings (SSSR count). The van der Waals surface area contributed by atoms with Crippen molar-refractivity contribution in [1.29, 1.82) is 0 Å². The first kappa shape index (κ1) is 14.3. The van der Waals surface area contributed by atoms with Crippen LogP contribution in [0.15, 0.2) is 24.3 Å². The molecule has 0 heterocycles. The first-order chi connectivity index (χ1) is 10.7. The predicted octanol–water partition coefficient (Wildman–Crippen LogP) is 2.69. The summed E-state index contributed by atoms with van der Waals surface area (Å²) in [4.78, 5) is 12.6. The van der Waals surface area contributed by atoms with Crippen molar-refractivity contribution < 1.29 is 9.90 Å². The van der Waals surface area contributed by atoms with Crippen LogP contribution in [0.4, 0.5) is 0 Å². The van der Waals surface area contributed by atoms with Crippen molar-refractivity contribution in [3.05, 3.63) is 35.4 Å². The van der Waals surface area contributed by atoms with Gasteiger partial charge in [-0.15, -0.1) is 0 Å². The summed E-state index contributed by atoms with van der Waals surface area (Å²) in [5.41, 5.74) is 2.28. The van der Waals surface area contributed by atoms with Gasteiger partial charge in [0.15, 0.2) is 0 Å². The molecular formula is C19H25NO2. The van der Waals surface area contributed by atoms with Gasteiger partial charge in [-0.2, -0.15) is 0 Å². The number of amides is 1. The standard InChI is InChI=1S/C19H25NO2/c1-2-11-3-5-12(6-4-11)15(10-21)20-19(22)18-16-13-7-8-14(9-13)17(16)18/h3-6,13-18,21H,2,7-10H2,1H3,(H,20,22). The van der Waals surface area contributed by atoms with Gasteiger partial charge in [0.1, 0.15) is 0 Å². The zero-order valence-electron chi connectivity index (χ0n) is 13.2. The van der Waals surface area contributed by atoms with E-state index in [4.69, 9.17) is 0 Å². The first-order valence-electron chi connectivity index (χ1n) is 8.73. The smallest absolute Gasteiger partial charge is 0.224 e. The number of carbonyl (C=O) groups is 1. The van der Waals surface area contributed by atoms with E-state index in [1.165, 1.54) is 24.8 Å². The van der Waals surface area contributed by atoms with Crippen LogP contribution in [-0.4, -0.2) is 17.6 Å². The largest absolute Gasteiger partial charge is 0.394 e. The lowest BCUT2D eigenvalue weighted by Gasteiger charge is -2.18. The zero-order chi connectivity index (χ0) is 15.3. The number of aliphatic hydroxyl groups excluding tert-OH is 1. The van der Waals surface area contributed by atoms with Crippen LogP contribution in [0.25, 0.3) is 0 Å². The lowest BCUT2D eigenvalue weighted by molar-refractivity contribution is -0.124. The Morgan fingerprint density at radius 2 is 1.86 bits per heavy atom. The maximum absolute atomic E-state index is 12.6. The Labute approximate surface area is 132 Å². The van der Waals surface area contributed by atoms with Gasteiger partial charge in [0.2, 0.25) is 5.91 Å². The second kappa shape index (κ2) is 5.38. The third-order valence-electron chi connectivity index (χ3n) is 6.33. The fourth-order valence-corrected chi connectivity index (χ4v) is 5.16. The molecule has 118 valence electrons. The van der Waals surface area contributed by atoms with Crippen LogP contribution < -0.4 is 5.32 Å². The monoisotopic (exact) mass is 299 g/mol. The minimum atomic E-state index is -0.266. The number of aliphatic hydroxyl groups is 1. The highest BCUT2D eigenvalue weighted by molar-refractivity contribution is 5.83. The number of hydrogen-bond donors (Lipinski definition) is 2. The zero-order valence-corrected chi connectivity index (χ0v) is 13.2. The molecule has 2 N–H and O–H groups in total. The third-order valence-corrected chi connectivity index (χ3v) is 6.33. The third kappa shape index (κ3) is 2.18.